The SMILES string of the molecule is COc1cc(Cl)ccc1C(=O)N1CCN(c2ccc(S(=O)(=O)Nc3nccs3)cc2)CC1.C[C@@H](C(=O)N1CCN(c2ccc(S(=O)(=O)Nc3nccs3)cc2)CC1)n1ccc2ccc(Cl)cc21.C[C@H](C(=O)N1CCN(c2ccc(S(=O)(=O)Nc3ccncn3)cc2)CC1)n1ccc2ccc(Cl)cc21.[HH].[HH].[HH]. The molecule has 2 atom stereocenters. The van der Waals surface area contributed by atoms with Crippen molar-refractivity contribution < 1.29 is 48.7 Å². The fourth-order valence-electron chi connectivity index (χ4n) is 12.2. The predicted octanol–water partition coefficient (Wildman–Crippen LogP) is 12.6. The Morgan fingerprint density at radius 2 is 0.854 bits per heavy atom. The van der Waals surface area contributed by atoms with Crippen LogP contribution < -0.4 is 33.6 Å². The van der Waals surface area contributed by atoms with E-state index >= 15 is 0 Å². The van der Waals surface area contributed by atoms with Crippen LogP contribution in [0.25, 0.3) is 21.8 Å². The summed E-state index contributed by atoms with van der Waals surface area (Å²) in [5.41, 5.74) is 5.08. The van der Waals surface area contributed by atoms with Crippen LogP contribution in [-0.4, -0.2) is 172 Å². The molecule has 0 unspecified atom stereocenters. The Morgan fingerprint density at radius 3 is 1.23 bits per heavy atom. The summed E-state index contributed by atoms with van der Waals surface area (Å²) >= 11 is 20.8. The molecule has 103 heavy (non-hydrogen) atoms. The molecule has 3 aliphatic heterocycles. The van der Waals surface area contributed by atoms with Crippen LogP contribution in [0.15, 0.2) is 208 Å². The zero-order chi connectivity index (χ0) is 72.6. The molecule has 0 spiro atoms. The second-order valence-corrected chi connectivity index (χ2v) is 32.2. The van der Waals surface area contributed by atoms with Crippen molar-refractivity contribution in [1.82, 2.24) is 43.8 Å². The number of rotatable bonds is 18. The molecular weight excluding hydrogens is 1480 g/mol. The van der Waals surface area contributed by atoms with Crippen molar-refractivity contribution in [3.05, 3.63) is 214 Å². The van der Waals surface area contributed by atoms with E-state index in [-0.39, 0.29) is 54.6 Å². The number of hydrogen-bond donors (Lipinski definition) is 3. The Bertz CT molecular complexity index is 5160. The van der Waals surface area contributed by atoms with Gasteiger partial charge in [-0.2, -0.15) is 0 Å². The van der Waals surface area contributed by atoms with Gasteiger partial charge in [0.2, 0.25) is 11.8 Å². The molecule has 3 aliphatic rings. The van der Waals surface area contributed by atoms with E-state index in [2.05, 4.69) is 48.8 Å². The summed E-state index contributed by atoms with van der Waals surface area (Å²) in [5, 5.41) is 7.95. The molecule has 6 aromatic carbocycles. The lowest BCUT2D eigenvalue weighted by Crippen LogP contribution is -2.50. The van der Waals surface area contributed by atoms with Gasteiger partial charge in [-0.1, -0.05) is 46.9 Å². The average Bonchev–Trinajstić information content (AvgIpc) is 1.56. The summed E-state index contributed by atoms with van der Waals surface area (Å²) in [6, 6.07) is 41.3. The van der Waals surface area contributed by atoms with Crippen LogP contribution in [0.3, 0.4) is 0 Å². The number of ether oxygens (including phenoxy) is 1. The monoisotopic (exact) mass is 1550 g/mol. The van der Waals surface area contributed by atoms with Gasteiger partial charge in [0.25, 0.3) is 36.0 Å². The molecule has 0 radical (unpaired) electrons. The fraction of sp³-hybridized carbons (Fsp3) is 0.243. The van der Waals surface area contributed by atoms with Crippen molar-refractivity contribution in [3.8, 4) is 5.75 Å². The second kappa shape index (κ2) is 32.0. The fourth-order valence-corrected chi connectivity index (χ4v) is 17.3. The van der Waals surface area contributed by atoms with Gasteiger partial charge in [0, 0.05) is 157 Å². The van der Waals surface area contributed by atoms with Gasteiger partial charge >= 0.3 is 0 Å². The number of aromatic nitrogens is 6. The third kappa shape index (κ3) is 17.4. The summed E-state index contributed by atoms with van der Waals surface area (Å²) in [4.78, 5) is 67.4. The minimum atomic E-state index is -3.75. The molecule has 542 valence electrons. The van der Waals surface area contributed by atoms with Crippen molar-refractivity contribution in [3.63, 3.8) is 0 Å². The number of methoxy groups -OCH3 is 1. The molecule has 8 heterocycles. The van der Waals surface area contributed by atoms with Crippen LogP contribution >= 0.6 is 57.5 Å². The number of fused-ring (bicyclic) bond motifs is 2. The number of sulfonamides is 3. The smallest absolute Gasteiger partial charge is 0.263 e. The molecule has 0 aliphatic carbocycles. The maximum absolute atomic E-state index is 13.2. The third-order valence-electron chi connectivity index (χ3n) is 17.7. The number of amides is 3. The second-order valence-electron chi connectivity index (χ2n) is 24.0. The molecule has 3 saturated heterocycles. The number of benzene rings is 6. The number of piperazine rings is 3. The van der Waals surface area contributed by atoms with Gasteiger partial charge < -0.3 is 43.3 Å². The zero-order valence-electron chi connectivity index (χ0n) is 55.7. The first kappa shape index (κ1) is 73.2. The highest BCUT2D eigenvalue weighted by Crippen LogP contribution is 2.32. The minimum Gasteiger partial charge on any atom is -0.496 e. The minimum absolute atomic E-state index is 0. The highest BCUT2D eigenvalue weighted by molar-refractivity contribution is 7.93. The number of halogens is 3. The molecule has 33 heteroatoms. The first-order valence-electron chi connectivity index (χ1n) is 32.4. The number of carbonyl (C=O) groups is 3. The largest absolute Gasteiger partial charge is 0.496 e. The van der Waals surface area contributed by atoms with Gasteiger partial charge in [0.1, 0.15) is 30.0 Å². The maximum atomic E-state index is 13.2. The van der Waals surface area contributed by atoms with Crippen LogP contribution in [0, 0.1) is 0 Å². The lowest BCUT2D eigenvalue weighted by Gasteiger charge is -2.37. The molecule has 3 fully saturated rings. The molecule has 3 amide bonds. The maximum Gasteiger partial charge on any atom is 0.263 e. The van der Waals surface area contributed by atoms with Crippen molar-refractivity contribution >= 4 is 160 Å². The predicted molar refractivity (Wildman–Crippen MR) is 411 cm³/mol. The summed E-state index contributed by atoms with van der Waals surface area (Å²) < 4.78 is 92.0. The van der Waals surface area contributed by atoms with Crippen molar-refractivity contribution in [1.29, 1.82) is 0 Å². The highest BCUT2D eigenvalue weighted by Gasteiger charge is 2.31. The van der Waals surface area contributed by atoms with Gasteiger partial charge in [0.15, 0.2) is 10.3 Å². The number of thiazole rings is 2. The molecule has 25 nitrogen and oxygen atoms in total. The van der Waals surface area contributed by atoms with E-state index < -0.39 is 30.1 Å². The molecule has 14 rings (SSSR count). The Labute approximate surface area is 623 Å². The number of anilines is 6. The summed E-state index contributed by atoms with van der Waals surface area (Å²) in [6.07, 6.45) is 9.69. The Kier molecular flexibility index (Phi) is 22.8. The summed E-state index contributed by atoms with van der Waals surface area (Å²) in [7, 11) is -9.61. The quantitative estimate of drug-likeness (QED) is 0.0720. The first-order valence-corrected chi connectivity index (χ1v) is 39.8. The number of hydrogen-bond acceptors (Lipinski definition) is 19. The van der Waals surface area contributed by atoms with Gasteiger partial charge in [-0.25, -0.2) is 45.2 Å². The van der Waals surface area contributed by atoms with Crippen molar-refractivity contribution in [2.75, 3.05) is 115 Å². The molecule has 11 aromatic rings. The zero-order valence-corrected chi connectivity index (χ0v) is 62.1. The van der Waals surface area contributed by atoms with E-state index in [1.807, 2.05) is 93.7 Å². The van der Waals surface area contributed by atoms with E-state index in [1.165, 1.54) is 48.4 Å². The van der Waals surface area contributed by atoms with E-state index in [0.717, 1.165) is 38.9 Å². The standard InChI is InChI=1S/C25H25ClN6O3S.C24H24ClN5O3S2.C21H21ClN4O4S2.3H2/c1-18(32-11-9-19-2-3-20(26)16-23(19)32)25(33)31-14-12-30(13-15-31)21-4-6-22(7-5-21)36(34,35)29-24-8-10-27-17-28-24;1-17(30-10-8-18-2-3-19(25)16-22(18)30)23(31)29-13-11-28(12-14-29)20-4-6-21(7-5-20)35(32,33)27-24-26-9-15-34-24;1-30-19-14-15(22)2-7-18(19)20(27)26-11-9-25(10-12-26)16-3-5-17(6-4-16)32(28,29)24-21-23-8-13-31-21;;;/h2-11,16-18H,12-15H2,1H3,(H,27,28,29);2-10,15-17H,11-14H2,1H3,(H,26,27);2-8,13-14H,9-12H2,1H3,(H,23,24);3*1H/t18-;17-;;;;/m10..../s1. The molecule has 0 saturated carbocycles. The summed E-state index contributed by atoms with van der Waals surface area (Å²) in [5.74, 6) is 0.683. The first-order chi connectivity index (χ1) is 49.5. The Morgan fingerprint density at radius 1 is 0.466 bits per heavy atom. The molecule has 0 bridgehead atoms. The van der Waals surface area contributed by atoms with Crippen LogP contribution in [0.2, 0.25) is 15.1 Å². The van der Waals surface area contributed by atoms with E-state index in [1.54, 1.807) is 119 Å². The number of carbonyl (C=O) groups excluding carboxylic acids is 3. The average molecular weight is 1550 g/mol. The van der Waals surface area contributed by atoms with Gasteiger partial charge in [-0.15, -0.1) is 22.7 Å². The Hall–Kier alpha value is -9.53. The third-order valence-corrected chi connectivity index (χ3v) is 24.2. The van der Waals surface area contributed by atoms with Gasteiger partial charge in [0.05, 0.1) is 38.4 Å². The van der Waals surface area contributed by atoms with Gasteiger partial charge in [-0.3, -0.25) is 28.5 Å². The van der Waals surface area contributed by atoms with Crippen molar-refractivity contribution in [2.45, 2.75) is 40.6 Å². The van der Waals surface area contributed by atoms with Crippen LogP contribution in [-0.2, 0) is 39.7 Å². The van der Waals surface area contributed by atoms with Gasteiger partial charge in [-0.05, 0) is 158 Å². The highest BCUT2D eigenvalue weighted by atomic mass is 35.5. The number of nitrogens with one attached hydrogen (secondary N) is 3. The molecule has 3 N–H and O–H groups in total. The lowest BCUT2D eigenvalue weighted by molar-refractivity contribution is -0.135. The molecular formula is C70H76Cl3N15O10S5. The number of nitrogens with zero attached hydrogens (tertiary/aromatic N) is 12. The van der Waals surface area contributed by atoms with Crippen LogP contribution in [0.1, 0.15) is 40.6 Å². The topological polar surface area (TPSA) is 280 Å². The summed E-state index contributed by atoms with van der Waals surface area (Å²) in [6.45, 7) is 11.1. The van der Waals surface area contributed by atoms with E-state index in [9.17, 15) is 39.6 Å². The van der Waals surface area contributed by atoms with Crippen LogP contribution in [0.4, 0.5) is 33.1 Å². The normalized spacial score (nSPS) is 15.0. The molecule has 5 aromatic heterocycles. The Balaban J connectivity index is 0.000000182. The van der Waals surface area contributed by atoms with Crippen LogP contribution in [0.5, 0.6) is 5.75 Å². The lowest BCUT2D eigenvalue weighted by atomic mass is 10.1. The van der Waals surface area contributed by atoms with E-state index in [4.69, 9.17) is 39.5 Å². The van der Waals surface area contributed by atoms with Crippen molar-refractivity contribution in [2.24, 2.45) is 0 Å². The van der Waals surface area contributed by atoms with E-state index in [0.29, 0.717) is 115 Å².